The van der Waals surface area contributed by atoms with Crippen LogP contribution in [-0.4, -0.2) is 14.3 Å². The Morgan fingerprint density at radius 1 is 1.11 bits per heavy atom. The van der Waals surface area contributed by atoms with Gasteiger partial charge in [-0.1, -0.05) is 63.3 Å². The van der Waals surface area contributed by atoms with Crippen molar-refractivity contribution in [2.24, 2.45) is 0 Å². The summed E-state index contributed by atoms with van der Waals surface area (Å²) in [4.78, 5) is 11.9. The van der Waals surface area contributed by atoms with Crippen molar-refractivity contribution in [1.29, 1.82) is 0 Å². The number of carbonyl (C=O) groups is 1. The van der Waals surface area contributed by atoms with Crippen LogP contribution in [0.4, 0.5) is 0 Å². The Kier molecular flexibility index (Phi) is 6.57. The zero-order valence-corrected chi connectivity index (χ0v) is 13.2. The lowest BCUT2D eigenvalue weighted by Crippen LogP contribution is -2.38. The standard InChI is InChI=1S/C16H24O2Si/c1-4-19(5-2,6-3)18-16(17)14-10-13-15-11-8-7-9-12-15/h7-13H,4-6,14H2,1-3H3/b13-10+. The minimum atomic E-state index is -1.79. The number of benzene rings is 1. The molecule has 0 atom stereocenters. The lowest BCUT2D eigenvalue weighted by molar-refractivity contribution is -0.134. The Morgan fingerprint density at radius 2 is 1.68 bits per heavy atom. The predicted molar refractivity (Wildman–Crippen MR) is 83.4 cm³/mol. The largest absolute Gasteiger partial charge is 0.519 e. The molecule has 0 N–H and O–H groups in total. The third-order valence-electron chi connectivity index (χ3n) is 3.66. The summed E-state index contributed by atoms with van der Waals surface area (Å²) in [6, 6.07) is 13.0. The van der Waals surface area contributed by atoms with E-state index in [1.807, 2.05) is 42.5 Å². The molecular formula is C16H24O2Si. The van der Waals surface area contributed by atoms with Gasteiger partial charge in [-0.25, -0.2) is 0 Å². The number of hydrogen-bond donors (Lipinski definition) is 0. The molecule has 0 unspecified atom stereocenters. The fraction of sp³-hybridized carbons (Fsp3) is 0.438. The highest BCUT2D eigenvalue weighted by Crippen LogP contribution is 2.22. The van der Waals surface area contributed by atoms with E-state index in [9.17, 15) is 4.79 Å². The van der Waals surface area contributed by atoms with E-state index >= 15 is 0 Å². The summed E-state index contributed by atoms with van der Waals surface area (Å²) in [7, 11) is -1.79. The smallest absolute Gasteiger partial charge is 0.296 e. The van der Waals surface area contributed by atoms with Gasteiger partial charge < -0.3 is 4.43 Å². The first-order valence-electron chi connectivity index (χ1n) is 7.09. The molecule has 0 aliphatic heterocycles. The van der Waals surface area contributed by atoms with Gasteiger partial charge in [0, 0.05) is 0 Å². The summed E-state index contributed by atoms with van der Waals surface area (Å²) in [5, 5.41) is 0. The Hall–Kier alpha value is -1.35. The van der Waals surface area contributed by atoms with Crippen molar-refractivity contribution in [3.63, 3.8) is 0 Å². The third kappa shape index (κ3) is 5.03. The molecule has 0 saturated carbocycles. The second-order valence-corrected chi connectivity index (χ2v) is 9.43. The summed E-state index contributed by atoms with van der Waals surface area (Å²) in [6.45, 7) is 6.39. The maximum absolute atomic E-state index is 11.9. The molecule has 0 saturated heterocycles. The molecule has 19 heavy (non-hydrogen) atoms. The van der Waals surface area contributed by atoms with Crippen LogP contribution in [0.2, 0.25) is 18.1 Å². The summed E-state index contributed by atoms with van der Waals surface area (Å²) >= 11 is 0. The van der Waals surface area contributed by atoms with E-state index in [-0.39, 0.29) is 5.97 Å². The van der Waals surface area contributed by atoms with Crippen LogP contribution in [0, 0.1) is 0 Å². The Labute approximate surface area is 117 Å². The SMILES string of the molecule is CC[Si](CC)(CC)OC(=O)C/C=C/c1ccccc1. The molecule has 104 valence electrons. The van der Waals surface area contributed by atoms with Gasteiger partial charge in [-0.2, -0.15) is 0 Å². The average Bonchev–Trinajstić information content (AvgIpc) is 2.46. The van der Waals surface area contributed by atoms with Gasteiger partial charge in [-0.15, -0.1) is 0 Å². The van der Waals surface area contributed by atoms with E-state index in [2.05, 4.69) is 20.8 Å². The molecule has 2 nitrogen and oxygen atoms in total. The highest BCUT2D eigenvalue weighted by molar-refractivity contribution is 6.74. The molecule has 1 aromatic carbocycles. The van der Waals surface area contributed by atoms with E-state index in [1.165, 1.54) is 0 Å². The fourth-order valence-electron chi connectivity index (χ4n) is 2.11. The van der Waals surface area contributed by atoms with Crippen molar-refractivity contribution in [3.8, 4) is 0 Å². The first-order chi connectivity index (χ1) is 9.15. The van der Waals surface area contributed by atoms with Crippen molar-refractivity contribution in [3.05, 3.63) is 42.0 Å². The minimum Gasteiger partial charge on any atom is -0.519 e. The molecule has 0 amide bonds. The van der Waals surface area contributed by atoms with Crippen molar-refractivity contribution in [2.45, 2.75) is 45.3 Å². The minimum absolute atomic E-state index is 0.0793. The monoisotopic (exact) mass is 276 g/mol. The van der Waals surface area contributed by atoms with Gasteiger partial charge in [-0.3, -0.25) is 4.79 Å². The van der Waals surface area contributed by atoms with E-state index in [1.54, 1.807) is 0 Å². The molecule has 3 heteroatoms. The van der Waals surface area contributed by atoms with Gasteiger partial charge in [0.1, 0.15) is 0 Å². The molecule has 0 heterocycles. The summed E-state index contributed by atoms with van der Waals surface area (Å²) < 4.78 is 5.77. The van der Waals surface area contributed by atoms with E-state index in [0.717, 1.165) is 23.7 Å². The van der Waals surface area contributed by atoms with E-state index in [0.29, 0.717) is 6.42 Å². The van der Waals surface area contributed by atoms with Crippen molar-refractivity contribution < 1.29 is 9.22 Å². The summed E-state index contributed by atoms with van der Waals surface area (Å²) in [5.41, 5.74) is 1.11. The fourth-order valence-corrected chi connectivity index (χ4v) is 4.60. The van der Waals surface area contributed by atoms with Crippen LogP contribution in [0.3, 0.4) is 0 Å². The topological polar surface area (TPSA) is 26.3 Å². The molecule has 0 aliphatic rings. The van der Waals surface area contributed by atoms with Crippen LogP contribution >= 0.6 is 0 Å². The van der Waals surface area contributed by atoms with E-state index < -0.39 is 8.32 Å². The first-order valence-corrected chi connectivity index (χ1v) is 9.62. The Bertz CT molecular complexity index is 400. The van der Waals surface area contributed by atoms with Crippen molar-refractivity contribution in [1.82, 2.24) is 0 Å². The van der Waals surface area contributed by atoms with Crippen molar-refractivity contribution >= 4 is 20.4 Å². The lowest BCUT2D eigenvalue weighted by atomic mass is 10.2. The molecule has 0 bridgehead atoms. The third-order valence-corrected chi connectivity index (χ3v) is 8.18. The Balaban J connectivity index is 2.50. The molecule has 0 spiro atoms. The highest BCUT2D eigenvalue weighted by atomic mass is 28.4. The second kappa shape index (κ2) is 7.95. The summed E-state index contributed by atoms with van der Waals surface area (Å²) in [5.74, 6) is -0.0793. The Morgan fingerprint density at radius 3 is 2.21 bits per heavy atom. The van der Waals surface area contributed by atoms with Crippen LogP contribution in [-0.2, 0) is 9.22 Å². The zero-order valence-electron chi connectivity index (χ0n) is 12.2. The van der Waals surface area contributed by atoms with Crippen LogP contribution in [0.15, 0.2) is 36.4 Å². The number of carbonyl (C=O) groups excluding carboxylic acids is 1. The van der Waals surface area contributed by atoms with Gasteiger partial charge in [0.15, 0.2) is 0 Å². The van der Waals surface area contributed by atoms with Gasteiger partial charge in [0.2, 0.25) is 0 Å². The van der Waals surface area contributed by atoms with Crippen LogP contribution in [0.1, 0.15) is 32.8 Å². The average molecular weight is 276 g/mol. The number of hydrogen-bond acceptors (Lipinski definition) is 2. The summed E-state index contributed by atoms with van der Waals surface area (Å²) in [6.07, 6.45) is 4.22. The molecular weight excluding hydrogens is 252 g/mol. The van der Waals surface area contributed by atoms with E-state index in [4.69, 9.17) is 4.43 Å². The van der Waals surface area contributed by atoms with Crippen LogP contribution < -0.4 is 0 Å². The quantitative estimate of drug-likeness (QED) is 0.678. The molecule has 0 aliphatic carbocycles. The maximum atomic E-state index is 11.9. The molecule has 0 fully saturated rings. The molecule has 0 aromatic heterocycles. The highest BCUT2D eigenvalue weighted by Gasteiger charge is 2.32. The van der Waals surface area contributed by atoms with Gasteiger partial charge in [0.05, 0.1) is 6.42 Å². The maximum Gasteiger partial charge on any atom is 0.296 e. The first kappa shape index (κ1) is 15.7. The van der Waals surface area contributed by atoms with Gasteiger partial charge in [0.25, 0.3) is 14.3 Å². The second-order valence-electron chi connectivity index (χ2n) is 4.73. The number of rotatable bonds is 7. The zero-order chi connectivity index (χ0) is 14.1. The van der Waals surface area contributed by atoms with Gasteiger partial charge in [-0.05, 0) is 23.7 Å². The molecule has 0 radical (unpaired) electrons. The lowest BCUT2D eigenvalue weighted by Gasteiger charge is -2.27. The van der Waals surface area contributed by atoms with Gasteiger partial charge >= 0.3 is 0 Å². The predicted octanol–water partition coefficient (Wildman–Crippen LogP) is 4.64. The molecule has 1 rings (SSSR count). The van der Waals surface area contributed by atoms with Crippen LogP contribution in [0.25, 0.3) is 6.08 Å². The molecule has 1 aromatic rings. The van der Waals surface area contributed by atoms with Crippen LogP contribution in [0.5, 0.6) is 0 Å². The normalized spacial score (nSPS) is 11.7. The van der Waals surface area contributed by atoms with Crippen molar-refractivity contribution in [2.75, 3.05) is 0 Å².